The minimum atomic E-state index is -0.449. The van der Waals surface area contributed by atoms with Crippen LogP contribution >= 0.6 is 0 Å². The van der Waals surface area contributed by atoms with Crippen molar-refractivity contribution < 1.29 is 13.9 Å². The maximum absolute atomic E-state index is 11.5. The Bertz CT molecular complexity index is 589. The molecule has 0 bridgehead atoms. The Kier molecular flexibility index (Phi) is 4.58. The number of esters is 1. The predicted molar refractivity (Wildman–Crippen MR) is 76.5 cm³/mol. The molecule has 0 saturated heterocycles. The normalized spacial score (nSPS) is 12.2. The average molecular weight is 273 g/mol. The molecule has 0 aliphatic rings. The Balaban J connectivity index is 2.04. The van der Waals surface area contributed by atoms with E-state index in [1.54, 1.807) is 6.07 Å². The molecule has 2 aromatic rings. The average Bonchev–Trinajstić information content (AvgIpc) is 2.93. The highest BCUT2D eigenvalue weighted by Crippen LogP contribution is 2.18. The zero-order valence-electron chi connectivity index (χ0n) is 12.0. The molecule has 1 heterocycles. The molecule has 4 nitrogen and oxygen atoms in total. The maximum atomic E-state index is 11.5. The number of carbonyl (C=O) groups excluding carboxylic acids is 1. The molecule has 1 unspecified atom stereocenters. The van der Waals surface area contributed by atoms with Gasteiger partial charge in [0, 0.05) is 18.2 Å². The van der Waals surface area contributed by atoms with E-state index in [1.165, 1.54) is 24.5 Å². The van der Waals surface area contributed by atoms with Crippen molar-refractivity contribution in [1.29, 1.82) is 0 Å². The smallest absolute Gasteiger partial charge is 0.374 e. The van der Waals surface area contributed by atoms with E-state index in [1.807, 2.05) is 12.1 Å². The number of nitrogens with one attached hydrogen (secondary N) is 1. The largest absolute Gasteiger partial charge is 0.463 e. The molecule has 0 aliphatic heterocycles. The Morgan fingerprint density at radius 3 is 2.80 bits per heavy atom. The van der Waals surface area contributed by atoms with E-state index in [0.717, 1.165) is 5.56 Å². The fourth-order valence-corrected chi connectivity index (χ4v) is 2.19. The first-order chi connectivity index (χ1) is 9.63. The number of ether oxygens (including phenoxy) is 1. The number of rotatable bonds is 5. The Hall–Kier alpha value is -2.07. The van der Waals surface area contributed by atoms with E-state index in [4.69, 9.17) is 4.42 Å². The lowest BCUT2D eigenvalue weighted by atomic mass is 10.0. The van der Waals surface area contributed by atoms with Crippen LogP contribution in [0.2, 0.25) is 0 Å². The minimum Gasteiger partial charge on any atom is -0.463 e. The van der Waals surface area contributed by atoms with Crippen molar-refractivity contribution in [2.75, 3.05) is 7.11 Å². The van der Waals surface area contributed by atoms with Crippen LogP contribution in [0.25, 0.3) is 0 Å². The molecule has 20 heavy (non-hydrogen) atoms. The SMILES string of the molecule is COC(=O)c1occc1CNC(C)c1ccccc1C. The second kappa shape index (κ2) is 6.39. The third-order valence-electron chi connectivity index (χ3n) is 3.37. The Morgan fingerprint density at radius 2 is 2.10 bits per heavy atom. The van der Waals surface area contributed by atoms with Crippen LogP contribution in [0.5, 0.6) is 0 Å². The van der Waals surface area contributed by atoms with Crippen LogP contribution in [-0.2, 0) is 11.3 Å². The summed E-state index contributed by atoms with van der Waals surface area (Å²) in [6.45, 7) is 4.74. The maximum Gasteiger partial charge on any atom is 0.374 e. The molecule has 1 aromatic carbocycles. The van der Waals surface area contributed by atoms with Gasteiger partial charge in [0.1, 0.15) is 0 Å². The van der Waals surface area contributed by atoms with Crippen LogP contribution in [0.15, 0.2) is 41.0 Å². The number of furan rings is 1. The quantitative estimate of drug-likeness (QED) is 0.850. The molecule has 0 saturated carbocycles. The summed E-state index contributed by atoms with van der Waals surface area (Å²) >= 11 is 0. The third kappa shape index (κ3) is 3.08. The van der Waals surface area contributed by atoms with Crippen molar-refractivity contribution in [2.45, 2.75) is 26.4 Å². The topological polar surface area (TPSA) is 51.5 Å². The monoisotopic (exact) mass is 273 g/mol. The molecule has 1 atom stereocenters. The fraction of sp³-hybridized carbons (Fsp3) is 0.312. The first-order valence-electron chi connectivity index (χ1n) is 6.57. The van der Waals surface area contributed by atoms with Crippen LogP contribution < -0.4 is 5.32 Å². The van der Waals surface area contributed by atoms with Crippen LogP contribution in [0.4, 0.5) is 0 Å². The molecule has 0 spiro atoms. The highest BCUT2D eigenvalue weighted by atomic mass is 16.5. The fourth-order valence-electron chi connectivity index (χ4n) is 2.19. The Morgan fingerprint density at radius 1 is 1.35 bits per heavy atom. The second-order valence-electron chi connectivity index (χ2n) is 4.73. The van der Waals surface area contributed by atoms with E-state index in [2.05, 4.69) is 36.0 Å². The van der Waals surface area contributed by atoms with Crippen molar-refractivity contribution in [3.63, 3.8) is 0 Å². The summed E-state index contributed by atoms with van der Waals surface area (Å²) in [5.41, 5.74) is 3.29. The van der Waals surface area contributed by atoms with Gasteiger partial charge in [-0.2, -0.15) is 0 Å². The Labute approximate surface area is 118 Å². The lowest BCUT2D eigenvalue weighted by Gasteiger charge is -2.16. The van der Waals surface area contributed by atoms with Gasteiger partial charge in [-0.05, 0) is 31.0 Å². The van der Waals surface area contributed by atoms with E-state index in [-0.39, 0.29) is 11.8 Å². The molecule has 1 N–H and O–H groups in total. The number of carbonyl (C=O) groups is 1. The summed E-state index contributed by atoms with van der Waals surface area (Å²) in [5, 5.41) is 3.39. The van der Waals surface area contributed by atoms with Crippen molar-refractivity contribution in [3.05, 3.63) is 59.0 Å². The number of aryl methyl sites for hydroxylation is 1. The number of methoxy groups -OCH3 is 1. The lowest BCUT2D eigenvalue weighted by molar-refractivity contribution is 0.0563. The van der Waals surface area contributed by atoms with Gasteiger partial charge in [0.25, 0.3) is 0 Å². The molecular formula is C16H19NO3. The van der Waals surface area contributed by atoms with Crippen molar-refractivity contribution >= 4 is 5.97 Å². The highest BCUT2D eigenvalue weighted by molar-refractivity contribution is 5.87. The molecule has 0 radical (unpaired) electrons. The molecule has 0 aliphatic carbocycles. The molecular weight excluding hydrogens is 254 g/mol. The lowest BCUT2D eigenvalue weighted by Crippen LogP contribution is -2.20. The predicted octanol–water partition coefficient (Wildman–Crippen LogP) is 3.23. The summed E-state index contributed by atoms with van der Waals surface area (Å²) in [5.74, 6) is -0.188. The van der Waals surface area contributed by atoms with Crippen LogP contribution in [-0.4, -0.2) is 13.1 Å². The third-order valence-corrected chi connectivity index (χ3v) is 3.37. The molecule has 106 valence electrons. The number of hydrogen-bond acceptors (Lipinski definition) is 4. The zero-order chi connectivity index (χ0) is 14.5. The summed E-state index contributed by atoms with van der Waals surface area (Å²) < 4.78 is 9.85. The van der Waals surface area contributed by atoms with Crippen molar-refractivity contribution in [2.24, 2.45) is 0 Å². The zero-order valence-corrected chi connectivity index (χ0v) is 12.0. The first-order valence-corrected chi connectivity index (χ1v) is 6.57. The molecule has 4 heteroatoms. The van der Waals surface area contributed by atoms with Gasteiger partial charge in [0.2, 0.25) is 5.76 Å². The van der Waals surface area contributed by atoms with E-state index < -0.39 is 5.97 Å². The number of hydrogen-bond donors (Lipinski definition) is 1. The van der Waals surface area contributed by atoms with Gasteiger partial charge >= 0.3 is 5.97 Å². The summed E-state index contributed by atoms with van der Waals surface area (Å²) in [6.07, 6.45) is 1.50. The summed E-state index contributed by atoms with van der Waals surface area (Å²) in [6, 6.07) is 10.2. The van der Waals surface area contributed by atoms with Crippen molar-refractivity contribution in [3.8, 4) is 0 Å². The van der Waals surface area contributed by atoms with Gasteiger partial charge in [0.15, 0.2) is 0 Å². The highest BCUT2D eigenvalue weighted by Gasteiger charge is 2.16. The molecule has 0 fully saturated rings. The van der Waals surface area contributed by atoms with E-state index >= 15 is 0 Å². The van der Waals surface area contributed by atoms with Gasteiger partial charge in [-0.15, -0.1) is 0 Å². The van der Waals surface area contributed by atoms with Gasteiger partial charge in [-0.3, -0.25) is 0 Å². The molecule has 2 rings (SSSR count). The van der Waals surface area contributed by atoms with Gasteiger partial charge in [0.05, 0.1) is 13.4 Å². The first kappa shape index (κ1) is 14.3. The van der Waals surface area contributed by atoms with E-state index in [0.29, 0.717) is 6.54 Å². The molecule has 1 aromatic heterocycles. The van der Waals surface area contributed by atoms with Crippen LogP contribution in [0, 0.1) is 6.92 Å². The van der Waals surface area contributed by atoms with Crippen molar-refractivity contribution in [1.82, 2.24) is 5.32 Å². The minimum absolute atomic E-state index is 0.191. The van der Waals surface area contributed by atoms with Gasteiger partial charge in [-0.1, -0.05) is 24.3 Å². The van der Waals surface area contributed by atoms with Crippen LogP contribution in [0.1, 0.15) is 40.2 Å². The number of benzene rings is 1. The van der Waals surface area contributed by atoms with E-state index in [9.17, 15) is 4.79 Å². The standard InChI is InChI=1S/C16H19NO3/c1-11-6-4-5-7-14(11)12(2)17-10-13-8-9-20-15(13)16(18)19-3/h4-9,12,17H,10H2,1-3H3. The summed E-state index contributed by atoms with van der Waals surface area (Å²) in [7, 11) is 1.35. The second-order valence-corrected chi connectivity index (χ2v) is 4.73. The van der Waals surface area contributed by atoms with Gasteiger partial charge < -0.3 is 14.5 Å². The summed E-state index contributed by atoms with van der Waals surface area (Å²) in [4.78, 5) is 11.5. The van der Waals surface area contributed by atoms with Gasteiger partial charge in [-0.25, -0.2) is 4.79 Å². The molecule has 0 amide bonds. The van der Waals surface area contributed by atoms with Crippen LogP contribution in [0.3, 0.4) is 0 Å².